The van der Waals surface area contributed by atoms with Crippen LogP contribution in [-0.4, -0.2) is 172 Å². The monoisotopic (exact) mass is 1010 g/mol. The van der Waals surface area contributed by atoms with Crippen LogP contribution in [0.1, 0.15) is 101 Å². The normalized spacial score (nSPS) is 31.3. The molecule has 0 aliphatic carbocycles. The van der Waals surface area contributed by atoms with Gasteiger partial charge >= 0.3 is 59.7 Å². The molecule has 3 fully saturated rings. The summed E-state index contributed by atoms with van der Waals surface area (Å²) in [6.45, 7) is 1.22. The fourth-order valence-corrected chi connectivity index (χ4v) is 7.24. The fourth-order valence-electron chi connectivity index (χ4n) is 7.24. The Morgan fingerprint density at radius 2 is 0.743 bits per heavy atom. The molecule has 3 heterocycles. The summed E-state index contributed by atoms with van der Waals surface area (Å²) in [5, 5.41) is 0. The highest BCUT2D eigenvalue weighted by Crippen LogP contribution is 2.38. The summed E-state index contributed by atoms with van der Waals surface area (Å²) < 4.78 is 122. The zero-order valence-electron chi connectivity index (χ0n) is 43.5. The van der Waals surface area contributed by atoms with Gasteiger partial charge in [-0.25, -0.2) is 0 Å². The molecule has 3 saturated heterocycles. The van der Waals surface area contributed by atoms with Gasteiger partial charge in [-0.1, -0.05) is 13.3 Å². The number of carbonyl (C=O) groups is 10. The highest BCUT2D eigenvalue weighted by molar-refractivity contribution is 5.70. The van der Waals surface area contributed by atoms with Crippen molar-refractivity contribution in [3.63, 3.8) is 0 Å². The number of carbonyl (C=O) groups excluding carboxylic acids is 10. The number of rotatable bonds is 22. The second kappa shape index (κ2) is 28.0. The average molecular weight is 1010 g/mol. The van der Waals surface area contributed by atoms with Crippen LogP contribution in [0.4, 0.5) is 0 Å². The third-order valence-corrected chi connectivity index (χ3v) is 9.71. The Morgan fingerprint density at radius 3 is 1.14 bits per heavy atom. The summed E-state index contributed by atoms with van der Waals surface area (Å²) in [5.41, 5.74) is 0. The van der Waals surface area contributed by atoms with E-state index >= 15 is 0 Å². The number of hydrogen-bond acceptors (Lipinski definition) is 26. The summed E-state index contributed by atoms with van der Waals surface area (Å²) in [4.78, 5) is 127. The van der Waals surface area contributed by atoms with Gasteiger partial charge in [-0.2, -0.15) is 0 Å². The molecule has 3 aliphatic heterocycles. The Labute approximate surface area is 408 Å². The molecular formula is C44H62O26. The molecule has 70 heavy (non-hydrogen) atoms. The second-order valence-corrected chi connectivity index (χ2v) is 15.4. The van der Waals surface area contributed by atoms with Gasteiger partial charge in [0.25, 0.3) is 0 Å². The Kier molecular flexibility index (Phi) is 20.8. The first-order chi connectivity index (χ1) is 35.1. The van der Waals surface area contributed by atoms with Crippen LogP contribution in [0.15, 0.2) is 12.3 Å². The molecule has 0 bridgehead atoms. The van der Waals surface area contributed by atoms with Crippen molar-refractivity contribution in [2.45, 2.75) is 187 Å². The molecule has 0 saturated carbocycles. The molecule has 26 nitrogen and oxygen atoms in total. The number of esters is 10. The van der Waals surface area contributed by atoms with Gasteiger partial charge in [0, 0.05) is 74.6 Å². The topological polar surface area (TPSA) is 318 Å². The number of allylic oxidation sites excluding steroid dienone is 1. The lowest BCUT2D eigenvalue weighted by Crippen LogP contribution is -2.69. The molecule has 1 unspecified atom stereocenters. The maximum absolute atomic E-state index is 13.1. The first-order valence-corrected chi connectivity index (χ1v) is 21.5. The van der Waals surface area contributed by atoms with Crippen LogP contribution in [0.25, 0.3) is 0 Å². The maximum Gasteiger partial charge on any atom is 0.303 e. The summed E-state index contributed by atoms with van der Waals surface area (Å²) in [6.07, 6.45) is -23.4. The van der Waals surface area contributed by atoms with E-state index in [0.717, 1.165) is 54.4 Å². The standard InChI is InChI=1S/C44H62O26/c1-12-13-14-15-16-55-42-39(63-27(9)52)37(61-25(7)50)34(31(66-42)18-57-21(3)46)69-44-41(65-29(11)54)38(62-26(8)51)35(32(68-44)19-58-22(4)47)70-43-40(64-28(10)53)36(60-24(6)49)33(59-23(5)48)30(67-43)17-56-20(2)45/h15-16,30-44H,12-14,17-19H2,1-11H3/t30-,31-,32-,33+,34-,35+,36+,37+,38+,39-,40-,41-,42-,43?,44+/m1/s1/i2D,5D,6D,10D. The average Bonchev–Trinajstić information content (AvgIpc) is 3.33. The zero-order valence-corrected chi connectivity index (χ0v) is 39.5. The van der Waals surface area contributed by atoms with E-state index in [0.29, 0.717) is 6.42 Å². The molecule has 15 atom stereocenters. The lowest BCUT2D eigenvalue weighted by atomic mass is 9.95. The SMILES string of the molecule is [2H]CC(=O)OC[C@H]1OC(O[C@@H]2[C@H](OC(C)=O)[C@@H](OC(C)=O)[C@H](O[C@H]3[C@H](OC(C)=O)[C@@H](OC(C)=O)[C@H](OC=CCCCC)O[C@@H]3COC(C)=O)O[C@@H]2COC(C)=O)[C@H](OC(=O)C[2H])[C@@H](OC(=O)C[2H])[C@H]1OC(=O)C[2H]. The molecule has 0 amide bonds. The van der Waals surface area contributed by atoms with Crippen LogP contribution in [0, 0.1) is 0 Å². The van der Waals surface area contributed by atoms with Crippen molar-refractivity contribution in [2.75, 3.05) is 19.8 Å². The Balaban J connectivity index is 2.33. The largest absolute Gasteiger partial charge is 0.469 e. The molecule has 26 heteroatoms. The van der Waals surface area contributed by atoms with E-state index in [1.54, 1.807) is 6.08 Å². The molecule has 0 aromatic heterocycles. The van der Waals surface area contributed by atoms with Gasteiger partial charge in [0.15, 0.2) is 49.2 Å². The highest BCUT2D eigenvalue weighted by Gasteiger charge is 2.60. The first kappa shape index (κ1) is 51.9. The van der Waals surface area contributed by atoms with Crippen molar-refractivity contribution in [2.24, 2.45) is 0 Å². The van der Waals surface area contributed by atoms with Crippen LogP contribution in [0.5, 0.6) is 0 Å². The van der Waals surface area contributed by atoms with Crippen molar-refractivity contribution in [3.05, 3.63) is 12.3 Å². The molecule has 3 rings (SSSR count). The summed E-state index contributed by atoms with van der Waals surface area (Å²) in [7, 11) is 0. The molecule has 394 valence electrons. The maximum atomic E-state index is 13.1. The predicted molar refractivity (Wildman–Crippen MR) is 224 cm³/mol. The van der Waals surface area contributed by atoms with Crippen LogP contribution >= 0.6 is 0 Å². The lowest BCUT2D eigenvalue weighted by Gasteiger charge is -2.50. The van der Waals surface area contributed by atoms with E-state index in [-0.39, 0.29) is 0 Å². The minimum atomic E-state index is -2.22. The molecule has 0 spiro atoms. The highest BCUT2D eigenvalue weighted by atomic mass is 16.8. The Bertz CT molecular complexity index is 1970. The Morgan fingerprint density at radius 1 is 0.414 bits per heavy atom. The Hall–Kier alpha value is -5.96. The third kappa shape index (κ3) is 18.4. The van der Waals surface area contributed by atoms with Crippen molar-refractivity contribution in [1.29, 1.82) is 0 Å². The minimum Gasteiger partial charge on any atom is -0.469 e. The van der Waals surface area contributed by atoms with Crippen LogP contribution < -0.4 is 0 Å². The molecule has 0 aromatic rings. The molecular weight excluding hydrogens is 944 g/mol. The van der Waals surface area contributed by atoms with Crippen molar-refractivity contribution >= 4 is 59.7 Å². The zero-order chi connectivity index (χ0) is 55.2. The molecule has 0 aromatic carbocycles. The summed E-state index contributed by atoms with van der Waals surface area (Å²) in [6, 6.07) is 0. The molecule has 3 aliphatic rings. The minimum absolute atomic E-state index is 0.561. The van der Waals surface area contributed by atoms with Gasteiger partial charge in [-0.05, 0) is 18.9 Å². The van der Waals surface area contributed by atoms with Gasteiger partial charge in [-0.15, -0.1) is 0 Å². The van der Waals surface area contributed by atoms with Gasteiger partial charge in [-0.3, -0.25) is 47.9 Å². The van der Waals surface area contributed by atoms with E-state index in [1.807, 2.05) is 6.92 Å². The van der Waals surface area contributed by atoms with E-state index < -0.39 is 199 Å². The predicted octanol–water partition coefficient (Wildman–Crippen LogP) is 0.863. The van der Waals surface area contributed by atoms with Crippen LogP contribution in [0.2, 0.25) is 0 Å². The van der Waals surface area contributed by atoms with E-state index in [1.165, 1.54) is 6.26 Å². The summed E-state index contributed by atoms with van der Waals surface area (Å²) >= 11 is 0. The van der Waals surface area contributed by atoms with Gasteiger partial charge in [0.1, 0.15) is 50.3 Å². The first-order valence-electron chi connectivity index (χ1n) is 24.3. The number of unbranched alkanes of at least 4 members (excludes halogenated alkanes) is 2. The number of hydrogen-bond donors (Lipinski definition) is 0. The fraction of sp³-hybridized carbons (Fsp3) is 0.727. The van der Waals surface area contributed by atoms with Crippen molar-refractivity contribution in [3.8, 4) is 0 Å². The quantitative estimate of drug-likeness (QED) is 0.0628. The summed E-state index contributed by atoms with van der Waals surface area (Å²) in [5.74, 6) is -11.0. The third-order valence-electron chi connectivity index (χ3n) is 9.71. The number of ether oxygens (including phenoxy) is 16. The lowest BCUT2D eigenvalue weighted by molar-refractivity contribution is -0.378. The van der Waals surface area contributed by atoms with E-state index in [9.17, 15) is 47.9 Å². The van der Waals surface area contributed by atoms with E-state index in [4.69, 9.17) is 81.3 Å². The van der Waals surface area contributed by atoms with Gasteiger partial charge in [0.05, 0.1) is 6.26 Å². The van der Waals surface area contributed by atoms with Crippen molar-refractivity contribution in [1.82, 2.24) is 0 Å². The van der Waals surface area contributed by atoms with Gasteiger partial charge in [0.2, 0.25) is 12.4 Å². The van der Waals surface area contributed by atoms with Crippen molar-refractivity contribution < 1.29 is 129 Å². The van der Waals surface area contributed by atoms with Crippen LogP contribution in [0.3, 0.4) is 0 Å². The molecule has 0 N–H and O–H groups in total. The van der Waals surface area contributed by atoms with Gasteiger partial charge < -0.3 is 75.8 Å². The smallest absolute Gasteiger partial charge is 0.303 e. The van der Waals surface area contributed by atoms with E-state index in [2.05, 4.69) is 0 Å². The molecule has 0 radical (unpaired) electrons. The second-order valence-electron chi connectivity index (χ2n) is 15.4. The van der Waals surface area contributed by atoms with Crippen LogP contribution in [-0.2, 0) is 124 Å².